The first kappa shape index (κ1) is 38.6. The number of aliphatic imine (C=N–C) groups is 2. The van der Waals surface area contributed by atoms with Crippen LogP contribution < -0.4 is 19.6 Å². The minimum atomic E-state index is 0.885. The Morgan fingerprint density at radius 2 is 0.750 bits per heavy atom. The van der Waals surface area contributed by atoms with E-state index in [4.69, 9.17) is 9.98 Å². The maximum absolute atomic E-state index is 5.49. The lowest BCUT2D eigenvalue weighted by Gasteiger charge is -2.42. The van der Waals surface area contributed by atoms with Crippen LogP contribution in [0.3, 0.4) is 0 Å². The van der Waals surface area contributed by atoms with Crippen LogP contribution in [0.4, 0.5) is 34.1 Å². The van der Waals surface area contributed by atoms with Crippen molar-refractivity contribution in [2.75, 3.05) is 45.2 Å². The SMILES string of the molecule is Cc1ccc(N2C(=Nc3ccccc3)SCCCCSC(=Nc3ccccc3)N(c3ccc(C)cc3)C(N(C)c3ccccc3)=C2N(C)c2ccccc2)cc1. The summed E-state index contributed by atoms with van der Waals surface area (Å²) in [5.41, 5.74) is 8.26. The molecule has 0 unspecified atom stereocenters. The van der Waals surface area contributed by atoms with Gasteiger partial charge in [0, 0.05) is 48.4 Å². The lowest BCUT2D eigenvalue weighted by atomic mass is 10.2. The van der Waals surface area contributed by atoms with Crippen molar-refractivity contribution in [3.8, 4) is 0 Å². The second-order valence-electron chi connectivity index (χ2n) is 13.6. The fraction of sp³-hybridized carbons (Fsp3) is 0.167. The van der Waals surface area contributed by atoms with Crippen molar-refractivity contribution in [1.29, 1.82) is 0 Å². The third kappa shape index (κ3) is 9.39. The van der Waals surface area contributed by atoms with Crippen LogP contribution in [0.5, 0.6) is 0 Å². The van der Waals surface area contributed by atoms with Crippen LogP contribution in [-0.2, 0) is 0 Å². The quantitative estimate of drug-likeness (QED) is 0.153. The molecule has 0 spiro atoms. The summed E-state index contributed by atoms with van der Waals surface area (Å²) in [5.74, 6) is 3.65. The van der Waals surface area contributed by atoms with E-state index in [1.54, 1.807) is 23.5 Å². The number of hydrogen-bond donors (Lipinski definition) is 0. The van der Waals surface area contributed by atoms with Crippen molar-refractivity contribution in [3.63, 3.8) is 0 Å². The largest absolute Gasteiger partial charge is 0.327 e. The van der Waals surface area contributed by atoms with Gasteiger partial charge in [0.2, 0.25) is 0 Å². The smallest absolute Gasteiger partial charge is 0.174 e. The molecule has 0 amide bonds. The van der Waals surface area contributed by atoms with E-state index in [2.05, 4.69) is 205 Å². The first-order chi connectivity index (χ1) is 27.5. The highest BCUT2D eigenvalue weighted by molar-refractivity contribution is 8.14. The van der Waals surface area contributed by atoms with E-state index in [0.717, 1.165) is 80.4 Å². The fourth-order valence-electron chi connectivity index (χ4n) is 6.43. The number of thioether (sulfide) groups is 2. The van der Waals surface area contributed by atoms with Crippen LogP contribution in [0.2, 0.25) is 0 Å². The van der Waals surface area contributed by atoms with E-state index in [1.807, 2.05) is 12.1 Å². The van der Waals surface area contributed by atoms with Gasteiger partial charge in [-0.05, 0) is 99.5 Å². The van der Waals surface area contributed by atoms with Crippen LogP contribution in [0.1, 0.15) is 24.0 Å². The van der Waals surface area contributed by atoms with E-state index >= 15 is 0 Å². The Labute approximate surface area is 340 Å². The zero-order chi connectivity index (χ0) is 38.7. The molecular formula is C48H48N6S2. The molecule has 1 heterocycles. The predicted octanol–water partition coefficient (Wildman–Crippen LogP) is 12.7. The number of nitrogens with zero attached hydrogens (tertiary/aromatic N) is 6. The zero-order valence-electron chi connectivity index (χ0n) is 32.5. The molecule has 0 saturated carbocycles. The second kappa shape index (κ2) is 18.8. The minimum absolute atomic E-state index is 0.885. The molecule has 8 heteroatoms. The van der Waals surface area contributed by atoms with E-state index in [0.29, 0.717) is 0 Å². The van der Waals surface area contributed by atoms with Crippen molar-refractivity contribution in [2.24, 2.45) is 9.98 Å². The molecule has 0 bridgehead atoms. The second-order valence-corrected chi connectivity index (χ2v) is 15.8. The Balaban J connectivity index is 1.66. The van der Waals surface area contributed by atoms with Crippen molar-refractivity contribution >= 4 is 68.0 Å². The van der Waals surface area contributed by atoms with Gasteiger partial charge in [-0.2, -0.15) is 0 Å². The lowest BCUT2D eigenvalue weighted by Crippen LogP contribution is -2.46. The summed E-state index contributed by atoms with van der Waals surface area (Å²) >= 11 is 3.61. The van der Waals surface area contributed by atoms with Crippen molar-refractivity contribution in [2.45, 2.75) is 26.7 Å². The summed E-state index contributed by atoms with van der Waals surface area (Å²) in [5, 5.41) is 1.77. The summed E-state index contributed by atoms with van der Waals surface area (Å²) in [7, 11) is 4.33. The third-order valence-corrected chi connectivity index (χ3v) is 11.5. The van der Waals surface area contributed by atoms with Gasteiger partial charge in [-0.25, -0.2) is 9.98 Å². The molecule has 56 heavy (non-hydrogen) atoms. The van der Waals surface area contributed by atoms with Gasteiger partial charge in [0.25, 0.3) is 0 Å². The van der Waals surface area contributed by atoms with Crippen LogP contribution >= 0.6 is 23.5 Å². The average molecular weight is 773 g/mol. The summed E-state index contributed by atoms with van der Waals surface area (Å²) in [6.45, 7) is 4.27. The number of para-hydroxylation sites is 4. The van der Waals surface area contributed by atoms with Gasteiger partial charge in [-0.1, -0.05) is 132 Å². The number of benzene rings is 6. The number of aryl methyl sites for hydroxylation is 2. The Morgan fingerprint density at radius 3 is 1.09 bits per heavy atom. The summed E-state index contributed by atoms with van der Waals surface area (Å²) in [4.78, 5) is 20.3. The highest BCUT2D eigenvalue weighted by Gasteiger charge is 2.35. The highest BCUT2D eigenvalue weighted by Crippen LogP contribution is 2.39. The van der Waals surface area contributed by atoms with Gasteiger partial charge in [0.1, 0.15) is 0 Å². The molecule has 7 rings (SSSR count). The maximum atomic E-state index is 5.49. The van der Waals surface area contributed by atoms with Gasteiger partial charge in [-0.3, -0.25) is 9.80 Å². The van der Waals surface area contributed by atoms with Gasteiger partial charge in [0.05, 0.1) is 11.4 Å². The molecule has 0 N–H and O–H groups in total. The maximum Gasteiger partial charge on any atom is 0.174 e. The summed E-state index contributed by atoms with van der Waals surface area (Å²) in [6, 6.07) is 59.4. The molecule has 0 fully saturated rings. The monoisotopic (exact) mass is 772 g/mol. The average Bonchev–Trinajstić information content (AvgIpc) is 3.24. The van der Waals surface area contributed by atoms with Crippen LogP contribution in [0.25, 0.3) is 0 Å². The zero-order valence-corrected chi connectivity index (χ0v) is 34.1. The van der Waals surface area contributed by atoms with Crippen LogP contribution in [-0.4, -0.2) is 35.9 Å². The molecule has 6 aromatic rings. The first-order valence-electron chi connectivity index (χ1n) is 19.0. The molecule has 0 radical (unpaired) electrons. The molecule has 0 aliphatic carbocycles. The molecule has 6 nitrogen and oxygen atoms in total. The highest BCUT2D eigenvalue weighted by atomic mass is 32.2. The van der Waals surface area contributed by atoms with Gasteiger partial charge in [0.15, 0.2) is 22.0 Å². The summed E-state index contributed by atoms with van der Waals surface area (Å²) in [6.07, 6.45) is 2.06. The van der Waals surface area contributed by atoms with E-state index in [9.17, 15) is 0 Å². The van der Waals surface area contributed by atoms with Crippen molar-refractivity contribution in [1.82, 2.24) is 0 Å². The van der Waals surface area contributed by atoms with Gasteiger partial charge >= 0.3 is 0 Å². The number of hydrogen-bond acceptors (Lipinski definition) is 6. The van der Waals surface area contributed by atoms with Gasteiger partial charge < -0.3 is 9.80 Å². The Hall–Kier alpha value is -5.70. The van der Waals surface area contributed by atoms with Crippen LogP contribution in [0.15, 0.2) is 191 Å². The fourth-order valence-corrected chi connectivity index (χ4v) is 8.48. The topological polar surface area (TPSA) is 37.7 Å². The molecule has 0 aromatic heterocycles. The van der Waals surface area contributed by atoms with Gasteiger partial charge in [-0.15, -0.1) is 0 Å². The lowest BCUT2D eigenvalue weighted by molar-refractivity contribution is 0.906. The number of anilines is 4. The molecule has 0 saturated heterocycles. The van der Waals surface area contributed by atoms with Crippen molar-refractivity contribution < 1.29 is 0 Å². The van der Waals surface area contributed by atoms with E-state index < -0.39 is 0 Å². The molecule has 0 atom stereocenters. The Morgan fingerprint density at radius 1 is 0.429 bits per heavy atom. The van der Waals surface area contributed by atoms with E-state index in [-0.39, 0.29) is 0 Å². The third-order valence-electron chi connectivity index (χ3n) is 9.48. The Bertz CT molecular complexity index is 2080. The normalized spacial score (nSPS) is 15.7. The molecular weight excluding hydrogens is 725 g/mol. The number of amidine groups is 2. The molecule has 6 aromatic carbocycles. The molecule has 282 valence electrons. The number of rotatable bonds is 8. The molecule has 1 aliphatic rings. The summed E-state index contributed by atoms with van der Waals surface area (Å²) < 4.78 is 0. The molecule has 1 aliphatic heterocycles. The van der Waals surface area contributed by atoms with Crippen molar-refractivity contribution in [3.05, 3.63) is 193 Å². The first-order valence-corrected chi connectivity index (χ1v) is 21.0. The van der Waals surface area contributed by atoms with Crippen LogP contribution in [0, 0.1) is 13.8 Å². The predicted molar refractivity (Wildman–Crippen MR) is 245 cm³/mol. The van der Waals surface area contributed by atoms with E-state index in [1.165, 1.54) is 11.1 Å². The minimum Gasteiger partial charge on any atom is -0.327 e. The standard InChI is InChI=1S/C48H48N6S2/c1-37-27-31-43(32-28-37)53-45(51(3)41-23-13-7-14-24-41)46(52(4)42-25-15-8-16-26-42)54(44-33-29-38(2)30-34-44)48(50-40-21-11-6-12-22-40)56-36-18-17-35-55-47(53)49-39-19-9-5-10-20-39/h5-16,19-34H,17-18,35-36H2,1-4H3. The Kier molecular flexibility index (Phi) is 12.9.